The molecule has 2 rings (SSSR count). The number of aromatic nitrogens is 4. The predicted molar refractivity (Wildman–Crippen MR) is 57.3 cm³/mol. The number of H-pyrrole nitrogens is 3. The van der Waals surface area contributed by atoms with Crippen molar-refractivity contribution in [2.24, 2.45) is 0 Å². The van der Waals surface area contributed by atoms with Gasteiger partial charge in [-0.05, 0) is 6.42 Å². The van der Waals surface area contributed by atoms with Crippen LogP contribution in [0.25, 0.3) is 0 Å². The third-order valence-electron chi connectivity index (χ3n) is 2.09. The molecule has 0 spiro atoms. The van der Waals surface area contributed by atoms with Crippen LogP contribution in [0, 0.1) is 0 Å². The number of nitrogens with zero attached hydrogens (tertiary/aromatic N) is 1. The van der Waals surface area contributed by atoms with E-state index in [2.05, 4.69) is 25.5 Å². The van der Waals surface area contributed by atoms with Gasteiger partial charge in [0.25, 0.3) is 5.91 Å². The lowest BCUT2D eigenvalue weighted by Gasteiger charge is -1.96. The smallest absolute Gasteiger partial charge is 0.312 e. The molecule has 0 aliphatic carbocycles. The van der Waals surface area contributed by atoms with Crippen LogP contribution in [0.3, 0.4) is 0 Å². The Kier molecular flexibility index (Phi) is 2.59. The molecular weight excluding hydrogens is 210 g/mol. The molecule has 0 bridgehead atoms. The summed E-state index contributed by atoms with van der Waals surface area (Å²) in [5.41, 5.74) is 0.685. The molecule has 2 aromatic heterocycles. The van der Waals surface area contributed by atoms with E-state index in [0.29, 0.717) is 5.82 Å². The highest BCUT2D eigenvalue weighted by molar-refractivity contribution is 6.02. The molecule has 0 aliphatic heterocycles. The van der Waals surface area contributed by atoms with Gasteiger partial charge >= 0.3 is 5.69 Å². The molecule has 0 fully saturated rings. The summed E-state index contributed by atoms with van der Waals surface area (Å²) < 4.78 is 0. The van der Waals surface area contributed by atoms with Crippen molar-refractivity contribution in [3.05, 3.63) is 34.1 Å². The zero-order valence-electron chi connectivity index (χ0n) is 8.63. The number of imidazole rings is 1. The Balaban J connectivity index is 2.10. The van der Waals surface area contributed by atoms with Crippen molar-refractivity contribution in [1.29, 1.82) is 0 Å². The summed E-state index contributed by atoms with van der Waals surface area (Å²) in [6.07, 6.45) is 2.12. The molecule has 0 saturated heterocycles. The molecule has 0 atom stereocenters. The number of aryl methyl sites for hydroxylation is 1. The zero-order valence-corrected chi connectivity index (χ0v) is 8.63. The van der Waals surface area contributed by atoms with Crippen molar-refractivity contribution in [1.82, 2.24) is 20.2 Å². The Morgan fingerprint density at radius 2 is 2.38 bits per heavy atom. The largest absolute Gasteiger partial charge is 0.323 e. The predicted octanol–water partition coefficient (Wildman–Crippen LogP) is 0.241. The molecule has 7 heteroatoms. The van der Waals surface area contributed by atoms with Crippen LogP contribution < -0.4 is 11.0 Å². The van der Waals surface area contributed by atoms with Crippen LogP contribution >= 0.6 is 0 Å². The molecule has 16 heavy (non-hydrogen) atoms. The van der Waals surface area contributed by atoms with Crippen molar-refractivity contribution in [3.63, 3.8) is 0 Å². The minimum Gasteiger partial charge on any atom is -0.312 e. The van der Waals surface area contributed by atoms with Crippen LogP contribution in [0.4, 0.5) is 5.82 Å². The third kappa shape index (κ3) is 2.02. The highest BCUT2D eigenvalue weighted by Crippen LogP contribution is 2.06. The third-order valence-corrected chi connectivity index (χ3v) is 2.09. The van der Waals surface area contributed by atoms with Crippen molar-refractivity contribution < 1.29 is 4.79 Å². The van der Waals surface area contributed by atoms with Gasteiger partial charge in [-0.15, -0.1) is 0 Å². The van der Waals surface area contributed by atoms with E-state index in [1.165, 1.54) is 6.20 Å². The summed E-state index contributed by atoms with van der Waals surface area (Å²) in [6, 6.07) is 1.74. The first-order valence-corrected chi connectivity index (χ1v) is 4.82. The second-order valence-corrected chi connectivity index (χ2v) is 3.24. The van der Waals surface area contributed by atoms with Gasteiger partial charge in [-0.3, -0.25) is 9.89 Å². The summed E-state index contributed by atoms with van der Waals surface area (Å²) in [7, 11) is 0. The van der Waals surface area contributed by atoms with Gasteiger partial charge in [0, 0.05) is 18.0 Å². The minimum atomic E-state index is -0.415. The second kappa shape index (κ2) is 4.05. The summed E-state index contributed by atoms with van der Waals surface area (Å²) in [4.78, 5) is 27.1. The van der Waals surface area contributed by atoms with Gasteiger partial charge in [0.05, 0.1) is 0 Å². The lowest BCUT2D eigenvalue weighted by Crippen LogP contribution is -2.14. The highest BCUT2D eigenvalue weighted by Gasteiger charge is 2.09. The zero-order chi connectivity index (χ0) is 11.5. The van der Waals surface area contributed by atoms with E-state index in [1.54, 1.807) is 6.07 Å². The molecule has 2 aromatic rings. The number of rotatable bonds is 3. The molecule has 0 radical (unpaired) electrons. The van der Waals surface area contributed by atoms with E-state index in [4.69, 9.17) is 0 Å². The lowest BCUT2D eigenvalue weighted by molar-refractivity contribution is 0.102. The average molecular weight is 221 g/mol. The first-order valence-electron chi connectivity index (χ1n) is 4.82. The van der Waals surface area contributed by atoms with Crippen LogP contribution in [0.5, 0.6) is 0 Å². The molecule has 0 unspecified atom stereocenters. The fraction of sp³-hybridized carbons (Fsp3) is 0.222. The van der Waals surface area contributed by atoms with Gasteiger partial charge in [-0.2, -0.15) is 5.10 Å². The van der Waals surface area contributed by atoms with Gasteiger partial charge in [0.2, 0.25) is 0 Å². The number of carbonyl (C=O) groups excluding carboxylic acids is 1. The van der Waals surface area contributed by atoms with Gasteiger partial charge in [0.1, 0.15) is 5.69 Å². The summed E-state index contributed by atoms with van der Waals surface area (Å²) in [5, 5.41) is 9.23. The molecule has 84 valence electrons. The maximum Gasteiger partial charge on any atom is 0.323 e. The van der Waals surface area contributed by atoms with Crippen LogP contribution in [-0.4, -0.2) is 26.1 Å². The van der Waals surface area contributed by atoms with E-state index in [0.717, 1.165) is 12.1 Å². The maximum absolute atomic E-state index is 11.6. The van der Waals surface area contributed by atoms with Crippen LogP contribution in [0.2, 0.25) is 0 Å². The number of carbonyl (C=O) groups is 1. The van der Waals surface area contributed by atoms with Crippen molar-refractivity contribution in [3.8, 4) is 0 Å². The number of hydrogen-bond acceptors (Lipinski definition) is 3. The Morgan fingerprint density at radius 1 is 1.56 bits per heavy atom. The van der Waals surface area contributed by atoms with Gasteiger partial charge < -0.3 is 15.3 Å². The molecule has 0 saturated carbocycles. The van der Waals surface area contributed by atoms with Crippen LogP contribution in [-0.2, 0) is 6.42 Å². The fourth-order valence-electron chi connectivity index (χ4n) is 1.24. The average Bonchev–Trinajstić information content (AvgIpc) is 2.87. The number of amides is 1. The maximum atomic E-state index is 11.6. The monoisotopic (exact) mass is 221 g/mol. The molecule has 4 N–H and O–H groups in total. The van der Waals surface area contributed by atoms with Gasteiger partial charge in [-0.1, -0.05) is 6.92 Å². The van der Waals surface area contributed by atoms with E-state index < -0.39 is 11.6 Å². The Hall–Kier alpha value is -2.31. The summed E-state index contributed by atoms with van der Waals surface area (Å²) in [6.45, 7) is 1.97. The van der Waals surface area contributed by atoms with Crippen molar-refractivity contribution in [2.75, 3.05) is 5.32 Å². The number of anilines is 1. The highest BCUT2D eigenvalue weighted by atomic mass is 16.2. The summed E-state index contributed by atoms with van der Waals surface area (Å²) >= 11 is 0. The van der Waals surface area contributed by atoms with Crippen molar-refractivity contribution >= 4 is 11.7 Å². The Morgan fingerprint density at radius 3 is 2.94 bits per heavy atom. The van der Waals surface area contributed by atoms with Crippen LogP contribution in [0.15, 0.2) is 17.1 Å². The Labute approximate surface area is 90.3 Å². The normalized spacial score (nSPS) is 10.3. The number of aromatic amines is 3. The molecule has 0 aliphatic rings. The minimum absolute atomic E-state index is 0.172. The first-order chi connectivity index (χ1) is 7.69. The molecular formula is C9H11N5O2. The van der Waals surface area contributed by atoms with Crippen molar-refractivity contribution in [2.45, 2.75) is 13.3 Å². The number of nitrogens with one attached hydrogen (secondary N) is 4. The van der Waals surface area contributed by atoms with E-state index in [-0.39, 0.29) is 5.69 Å². The van der Waals surface area contributed by atoms with Crippen LogP contribution in [0.1, 0.15) is 23.1 Å². The van der Waals surface area contributed by atoms with E-state index >= 15 is 0 Å². The lowest BCUT2D eigenvalue weighted by atomic mass is 10.3. The number of hydrogen-bond donors (Lipinski definition) is 4. The molecule has 1 amide bonds. The standard InChI is InChI=1S/C9H11N5O2/c1-2-5-3-7(14-13-5)12-8(15)6-4-10-9(16)11-6/h3-4H,2H2,1H3,(H2,10,11,16)(H2,12,13,14,15). The van der Waals surface area contributed by atoms with E-state index in [1.807, 2.05) is 6.92 Å². The Bertz CT molecular complexity index is 550. The SMILES string of the molecule is CCc1cc(NC(=O)c2c[nH]c(=O)[nH]2)n[nH]1. The van der Waals surface area contributed by atoms with Gasteiger partial charge in [-0.25, -0.2) is 4.79 Å². The van der Waals surface area contributed by atoms with Gasteiger partial charge in [0.15, 0.2) is 5.82 Å². The first kappa shape index (κ1) is 10.2. The summed E-state index contributed by atoms with van der Waals surface area (Å²) in [5.74, 6) is 0.0244. The molecule has 2 heterocycles. The topological polar surface area (TPSA) is 106 Å². The van der Waals surface area contributed by atoms with E-state index in [9.17, 15) is 9.59 Å². The molecule has 0 aromatic carbocycles. The quantitative estimate of drug-likeness (QED) is 0.596. The fourth-order valence-corrected chi connectivity index (χ4v) is 1.24. The second-order valence-electron chi connectivity index (χ2n) is 3.24. The molecule has 7 nitrogen and oxygen atoms in total.